The van der Waals surface area contributed by atoms with Crippen LogP contribution < -0.4 is 0 Å². The molecule has 1 saturated heterocycles. The second kappa shape index (κ2) is 10.0. The van der Waals surface area contributed by atoms with Gasteiger partial charge in [-0.1, -0.05) is 0 Å². The van der Waals surface area contributed by atoms with E-state index in [1.54, 1.807) is 0 Å². The summed E-state index contributed by atoms with van der Waals surface area (Å²) in [4.78, 5) is 0. The van der Waals surface area contributed by atoms with Crippen molar-refractivity contribution in [1.29, 1.82) is 0 Å². The van der Waals surface area contributed by atoms with Crippen molar-refractivity contribution in [3.8, 4) is 0 Å². The van der Waals surface area contributed by atoms with E-state index < -0.39 is 0 Å². The summed E-state index contributed by atoms with van der Waals surface area (Å²) in [6, 6.07) is 0. The molecule has 0 aromatic rings. The molecule has 0 spiro atoms. The molecule has 0 amide bonds. The Labute approximate surface area is 85.6 Å². The Bertz CT molecular complexity index is 38.7. The Hall–Kier alpha value is 2.04. The second-order valence-corrected chi connectivity index (χ2v) is 25.1. The molecular weight excluding hydrogens is 395 g/mol. The summed E-state index contributed by atoms with van der Waals surface area (Å²) in [5.74, 6) is 0. The number of hydrogen-bond acceptors (Lipinski definition) is 1. The molecule has 0 atom stereocenters. The fourth-order valence-corrected chi connectivity index (χ4v) is 0.580. The van der Waals surface area contributed by atoms with Crippen LogP contribution in [0.1, 0.15) is 12.8 Å². The minimum atomic E-state index is 0.0650. The van der Waals surface area contributed by atoms with Crippen molar-refractivity contribution in [1.82, 2.24) is 0 Å². The van der Waals surface area contributed by atoms with Gasteiger partial charge in [-0.25, -0.2) is 0 Å². The summed E-state index contributed by atoms with van der Waals surface area (Å²) in [6.45, 7) is 1.89. The van der Waals surface area contributed by atoms with Crippen molar-refractivity contribution in [2.75, 3.05) is 13.2 Å². The number of hydrogen-bond donors (Lipinski definition) is 0. The third kappa shape index (κ3) is 10.0. The predicted octanol–water partition coefficient (Wildman–Crippen LogP) is 2.77. The van der Waals surface area contributed by atoms with E-state index in [1.165, 1.54) is 0 Å². The monoisotopic (exact) mass is 403 g/mol. The summed E-state index contributed by atoms with van der Waals surface area (Å²) in [6.07, 6.45) is 4.57. The zero-order valence-corrected chi connectivity index (χ0v) is 12.6. The van der Waals surface area contributed by atoms with Gasteiger partial charge in [-0.05, 0) is 19.3 Å². The van der Waals surface area contributed by atoms with Crippen molar-refractivity contribution < 1.29 is 14.8 Å². The van der Waals surface area contributed by atoms with E-state index in [-0.39, 0.29) is 10.1 Å². The molecule has 4 heteroatoms. The SMILES string of the molecule is [CH]1CCOCC1.[I][Zn][I]. The van der Waals surface area contributed by atoms with Gasteiger partial charge in [0.25, 0.3) is 0 Å². The van der Waals surface area contributed by atoms with Crippen LogP contribution in [0.15, 0.2) is 0 Å². The second-order valence-electron chi connectivity index (χ2n) is 1.58. The van der Waals surface area contributed by atoms with Crippen molar-refractivity contribution in [2.24, 2.45) is 0 Å². The van der Waals surface area contributed by atoms with Crippen LogP contribution in [-0.4, -0.2) is 13.2 Å². The normalized spacial score (nSPS) is 17.1. The average Bonchev–Trinajstić information content (AvgIpc) is 1.93. The first-order valence-corrected chi connectivity index (χ1v) is 21.0. The van der Waals surface area contributed by atoms with Crippen LogP contribution in [0.2, 0.25) is 0 Å². The van der Waals surface area contributed by atoms with Gasteiger partial charge in [0.05, 0.1) is 0 Å². The molecule has 1 rings (SSSR count). The van der Waals surface area contributed by atoms with Crippen LogP contribution >= 0.6 is 39.5 Å². The molecule has 0 bridgehead atoms. The quantitative estimate of drug-likeness (QED) is 0.446. The van der Waals surface area contributed by atoms with E-state index in [1.807, 2.05) is 0 Å². The van der Waals surface area contributed by atoms with Crippen LogP contribution in [0.5, 0.6) is 0 Å². The number of halogens is 2. The summed E-state index contributed by atoms with van der Waals surface area (Å²) >= 11 is 4.93. The standard InChI is InChI=1S/C5H9O.2HI.Zn/c1-2-4-6-5-3-1;;;/h1H,2-5H2;2*1H;/q;;;+2/p-2. The van der Waals surface area contributed by atoms with E-state index in [4.69, 9.17) is 4.74 Å². The topological polar surface area (TPSA) is 9.23 Å². The fourth-order valence-electron chi connectivity index (χ4n) is 0.580. The number of ether oxygens (including phenoxy) is 1. The van der Waals surface area contributed by atoms with Crippen molar-refractivity contribution >= 4 is 39.5 Å². The fraction of sp³-hybridized carbons (Fsp3) is 0.800. The van der Waals surface area contributed by atoms with Crippen LogP contribution in [0.25, 0.3) is 0 Å². The molecular formula is C5H9I2OZn. The molecule has 1 fully saturated rings. The van der Waals surface area contributed by atoms with Gasteiger partial charge in [0.1, 0.15) is 0 Å². The van der Waals surface area contributed by atoms with E-state index in [0.29, 0.717) is 0 Å². The molecule has 1 radical (unpaired) electrons. The van der Waals surface area contributed by atoms with Gasteiger partial charge in [0, 0.05) is 13.2 Å². The zero-order chi connectivity index (χ0) is 6.95. The molecule has 0 unspecified atom stereocenters. The summed E-state index contributed by atoms with van der Waals surface area (Å²) < 4.78 is 5.04. The van der Waals surface area contributed by atoms with Crippen LogP contribution in [0.3, 0.4) is 0 Å². The van der Waals surface area contributed by atoms with Crippen molar-refractivity contribution in [3.05, 3.63) is 6.42 Å². The van der Waals surface area contributed by atoms with Gasteiger partial charge in [-0.15, -0.1) is 0 Å². The third-order valence-corrected chi connectivity index (χ3v) is 0.933. The van der Waals surface area contributed by atoms with E-state index >= 15 is 0 Å². The molecule has 1 nitrogen and oxygen atoms in total. The van der Waals surface area contributed by atoms with Gasteiger partial charge in [-0.3, -0.25) is 0 Å². The maximum absolute atomic E-state index is 5.04. The van der Waals surface area contributed by atoms with E-state index in [2.05, 4.69) is 45.9 Å². The maximum atomic E-state index is 5.04. The molecule has 1 heterocycles. The molecule has 9 heavy (non-hydrogen) atoms. The predicted molar refractivity (Wildman–Crippen MR) is 52.4 cm³/mol. The Morgan fingerprint density at radius 3 is 1.78 bits per heavy atom. The Morgan fingerprint density at radius 2 is 1.67 bits per heavy atom. The van der Waals surface area contributed by atoms with Gasteiger partial charge >= 0.3 is 49.6 Å². The molecule has 0 aromatic heterocycles. The third-order valence-electron chi connectivity index (χ3n) is 0.933. The van der Waals surface area contributed by atoms with Gasteiger partial charge in [0.15, 0.2) is 0 Å². The van der Waals surface area contributed by atoms with Crippen LogP contribution in [0.4, 0.5) is 0 Å². The van der Waals surface area contributed by atoms with Gasteiger partial charge in [0.2, 0.25) is 0 Å². The summed E-state index contributed by atoms with van der Waals surface area (Å²) in [5, 5.41) is 0. The van der Waals surface area contributed by atoms with E-state index in [9.17, 15) is 0 Å². The molecule has 1 aliphatic heterocycles. The Kier molecular flexibility index (Phi) is 12.3. The van der Waals surface area contributed by atoms with E-state index in [0.717, 1.165) is 26.1 Å². The minimum absolute atomic E-state index is 0.0650. The summed E-state index contributed by atoms with van der Waals surface area (Å²) in [5.41, 5.74) is 0. The summed E-state index contributed by atoms with van der Waals surface area (Å²) in [7, 11) is 0.0650. The zero-order valence-electron chi connectivity index (χ0n) is 5.28. The van der Waals surface area contributed by atoms with Crippen LogP contribution in [0, 0.1) is 6.42 Å². The molecule has 0 aromatic carbocycles. The van der Waals surface area contributed by atoms with Gasteiger partial charge < -0.3 is 4.74 Å². The molecule has 0 aliphatic carbocycles. The first kappa shape index (κ1) is 11.0. The van der Waals surface area contributed by atoms with Crippen LogP contribution in [-0.2, 0) is 14.8 Å². The Balaban J connectivity index is 0.000000187. The van der Waals surface area contributed by atoms with Crippen molar-refractivity contribution in [3.63, 3.8) is 0 Å². The first-order chi connectivity index (χ1) is 4.41. The molecule has 0 saturated carbocycles. The van der Waals surface area contributed by atoms with Crippen molar-refractivity contribution in [2.45, 2.75) is 12.8 Å². The van der Waals surface area contributed by atoms with Gasteiger partial charge in [-0.2, -0.15) is 0 Å². The molecule has 51 valence electrons. The molecule has 1 aliphatic rings. The number of rotatable bonds is 0. The Morgan fingerprint density at radius 1 is 1.22 bits per heavy atom. The average molecular weight is 404 g/mol. The molecule has 0 N–H and O–H groups in total. The first-order valence-electron chi connectivity index (χ1n) is 2.93.